The number of halogens is 1. The Kier molecular flexibility index (Phi) is 2.66. The lowest BCUT2D eigenvalue weighted by molar-refractivity contribution is 0.497. The molecule has 0 aliphatic rings. The van der Waals surface area contributed by atoms with Crippen molar-refractivity contribution in [3.8, 4) is 11.7 Å². The van der Waals surface area contributed by atoms with Gasteiger partial charge in [-0.05, 0) is 13.0 Å². The molecule has 0 fully saturated rings. The molecule has 1 N–H and O–H groups in total. The maximum Gasteiger partial charge on any atom is 0.315 e. The minimum atomic E-state index is -0.489. The Labute approximate surface area is 85.3 Å². The van der Waals surface area contributed by atoms with E-state index in [9.17, 15) is 4.39 Å². The van der Waals surface area contributed by atoms with Crippen LogP contribution in [0.1, 0.15) is 5.56 Å². The average Bonchev–Trinajstić information content (AvgIpc) is 2.83. The van der Waals surface area contributed by atoms with Gasteiger partial charge in [-0.3, -0.25) is 0 Å². The fraction of sp³-hybridized carbons (Fsp3) is 0.333. The monoisotopic (exact) mass is 211 g/mol. The Bertz CT molecular complexity index is 438. The molecule has 5 nitrogen and oxygen atoms in total. The zero-order valence-corrected chi connectivity index (χ0v) is 8.16. The van der Waals surface area contributed by atoms with Gasteiger partial charge in [0.2, 0.25) is 0 Å². The summed E-state index contributed by atoms with van der Waals surface area (Å²) >= 11 is 0. The van der Waals surface area contributed by atoms with Gasteiger partial charge in [-0.25, -0.2) is 4.39 Å². The number of hydrogen-bond donors (Lipinski definition) is 1. The summed E-state index contributed by atoms with van der Waals surface area (Å²) in [5.74, 6) is 0.828. The topological polar surface area (TPSA) is 64.1 Å². The molecule has 0 saturated carbocycles. The molecule has 0 bridgehead atoms. The molecule has 0 radical (unpaired) electrons. The quantitative estimate of drug-likeness (QED) is 0.838. The summed E-state index contributed by atoms with van der Waals surface area (Å²) in [5, 5.41) is 10.1. The first kappa shape index (κ1) is 9.70. The molecular formula is C9H10FN3O2. The summed E-state index contributed by atoms with van der Waals surface area (Å²) in [5.41, 5.74) is 0.913. The van der Waals surface area contributed by atoms with Crippen LogP contribution in [0.3, 0.4) is 0 Å². The van der Waals surface area contributed by atoms with Crippen molar-refractivity contribution in [2.75, 3.05) is 18.5 Å². The molecule has 2 rings (SSSR count). The number of aryl methyl sites for hydroxylation is 1. The normalized spacial score (nSPS) is 10.5. The van der Waals surface area contributed by atoms with Crippen LogP contribution in [0.2, 0.25) is 0 Å². The lowest BCUT2D eigenvalue weighted by atomic mass is 10.3. The lowest BCUT2D eigenvalue weighted by Crippen LogP contribution is -2.02. The molecule has 6 heteroatoms. The Balaban J connectivity index is 2.17. The third kappa shape index (κ3) is 1.98. The van der Waals surface area contributed by atoms with Gasteiger partial charge >= 0.3 is 6.01 Å². The Morgan fingerprint density at radius 3 is 3.00 bits per heavy atom. The van der Waals surface area contributed by atoms with Crippen molar-refractivity contribution >= 4 is 6.01 Å². The van der Waals surface area contributed by atoms with Gasteiger partial charge in [0.05, 0.1) is 6.26 Å². The number of anilines is 1. The van der Waals surface area contributed by atoms with Crippen molar-refractivity contribution in [3.63, 3.8) is 0 Å². The zero-order valence-electron chi connectivity index (χ0n) is 8.16. The Morgan fingerprint density at radius 1 is 1.47 bits per heavy atom. The molecule has 80 valence electrons. The van der Waals surface area contributed by atoms with Crippen LogP contribution in [0.15, 0.2) is 21.2 Å². The van der Waals surface area contributed by atoms with Crippen LogP contribution in [-0.4, -0.2) is 23.4 Å². The number of alkyl halides is 1. The number of hydrogen-bond acceptors (Lipinski definition) is 5. The second kappa shape index (κ2) is 4.12. The first-order chi connectivity index (χ1) is 7.31. The van der Waals surface area contributed by atoms with E-state index in [1.165, 1.54) is 0 Å². The maximum absolute atomic E-state index is 11.9. The molecule has 2 aromatic heterocycles. The fourth-order valence-corrected chi connectivity index (χ4v) is 1.13. The third-order valence-electron chi connectivity index (χ3n) is 1.85. The number of nitrogens with one attached hydrogen (secondary N) is 1. The van der Waals surface area contributed by atoms with Crippen LogP contribution >= 0.6 is 0 Å². The molecule has 0 amide bonds. The molecule has 0 aliphatic carbocycles. The zero-order chi connectivity index (χ0) is 10.7. The van der Waals surface area contributed by atoms with E-state index >= 15 is 0 Å². The number of rotatable bonds is 4. The molecular weight excluding hydrogens is 201 g/mol. The molecule has 15 heavy (non-hydrogen) atoms. The lowest BCUT2D eigenvalue weighted by Gasteiger charge is -1.93. The van der Waals surface area contributed by atoms with Crippen LogP contribution in [0.25, 0.3) is 11.7 Å². The Morgan fingerprint density at radius 2 is 2.33 bits per heavy atom. The SMILES string of the molecule is Cc1ccoc1-c1nnc(NCCF)o1. The van der Waals surface area contributed by atoms with E-state index in [2.05, 4.69) is 15.5 Å². The van der Waals surface area contributed by atoms with Crippen molar-refractivity contribution in [1.29, 1.82) is 0 Å². The molecule has 0 spiro atoms. The number of aromatic nitrogens is 2. The van der Waals surface area contributed by atoms with E-state index in [0.29, 0.717) is 11.7 Å². The Hall–Kier alpha value is -1.85. The number of nitrogens with zero attached hydrogens (tertiary/aromatic N) is 2. The van der Waals surface area contributed by atoms with Gasteiger partial charge in [-0.1, -0.05) is 5.10 Å². The van der Waals surface area contributed by atoms with Gasteiger partial charge in [0.25, 0.3) is 5.89 Å². The molecule has 0 aromatic carbocycles. The van der Waals surface area contributed by atoms with Gasteiger partial charge in [-0.2, -0.15) is 0 Å². The van der Waals surface area contributed by atoms with E-state index < -0.39 is 6.67 Å². The summed E-state index contributed by atoms with van der Waals surface area (Å²) in [6, 6.07) is 1.99. The highest BCUT2D eigenvalue weighted by molar-refractivity contribution is 5.50. The van der Waals surface area contributed by atoms with E-state index in [1.54, 1.807) is 12.3 Å². The molecule has 2 aromatic rings. The highest BCUT2D eigenvalue weighted by Gasteiger charge is 2.13. The van der Waals surface area contributed by atoms with E-state index in [-0.39, 0.29) is 12.6 Å². The molecule has 0 aliphatic heterocycles. The summed E-state index contributed by atoms with van der Waals surface area (Å²) in [4.78, 5) is 0. The summed E-state index contributed by atoms with van der Waals surface area (Å²) in [6.07, 6.45) is 1.55. The average molecular weight is 211 g/mol. The molecule has 0 unspecified atom stereocenters. The smallest absolute Gasteiger partial charge is 0.315 e. The standard InChI is InChI=1S/C9H10FN3O2/c1-6-2-5-14-7(6)8-12-13-9(15-8)11-4-3-10/h2,5H,3-4H2,1H3,(H,11,13). The molecule has 2 heterocycles. The first-order valence-corrected chi connectivity index (χ1v) is 4.49. The highest BCUT2D eigenvalue weighted by Crippen LogP contribution is 2.23. The molecule has 0 saturated heterocycles. The fourth-order valence-electron chi connectivity index (χ4n) is 1.13. The van der Waals surface area contributed by atoms with E-state index in [1.807, 2.05) is 6.92 Å². The predicted molar refractivity (Wildman–Crippen MR) is 51.2 cm³/mol. The number of furan rings is 1. The minimum Gasteiger partial charge on any atom is -0.459 e. The van der Waals surface area contributed by atoms with Gasteiger partial charge in [0.15, 0.2) is 5.76 Å². The summed E-state index contributed by atoms with van der Waals surface area (Å²) < 4.78 is 22.2. The van der Waals surface area contributed by atoms with Crippen molar-refractivity contribution in [2.24, 2.45) is 0 Å². The van der Waals surface area contributed by atoms with Crippen LogP contribution < -0.4 is 5.32 Å². The van der Waals surface area contributed by atoms with E-state index in [0.717, 1.165) is 5.56 Å². The summed E-state index contributed by atoms with van der Waals surface area (Å²) in [6.45, 7) is 1.54. The third-order valence-corrected chi connectivity index (χ3v) is 1.85. The maximum atomic E-state index is 11.9. The van der Waals surface area contributed by atoms with Gasteiger partial charge in [-0.15, -0.1) is 5.10 Å². The highest BCUT2D eigenvalue weighted by atomic mass is 19.1. The van der Waals surface area contributed by atoms with Crippen LogP contribution in [0.4, 0.5) is 10.4 Å². The second-order valence-corrected chi connectivity index (χ2v) is 2.96. The van der Waals surface area contributed by atoms with Crippen molar-refractivity contribution in [2.45, 2.75) is 6.92 Å². The van der Waals surface area contributed by atoms with E-state index in [4.69, 9.17) is 8.83 Å². The van der Waals surface area contributed by atoms with Crippen LogP contribution in [0.5, 0.6) is 0 Å². The van der Waals surface area contributed by atoms with Gasteiger partial charge in [0.1, 0.15) is 6.67 Å². The predicted octanol–water partition coefficient (Wildman–Crippen LogP) is 2.02. The van der Waals surface area contributed by atoms with Crippen LogP contribution in [0, 0.1) is 6.92 Å². The largest absolute Gasteiger partial charge is 0.459 e. The minimum absolute atomic E-state index is 0.152. The van der Waals surface area contributed by atoms with Gasteiger partial charge in [0, 0.05) is 12.1 Å². The van der Waals surface area contributed by atoms with Crippen molar-refractivity contribution in [1.82, 2.24) is 10.2 Å². The van der Waals surface area contributed by atoms with Crippen LogP contribution in [-0.2, 0) is 0 Å². The van der Waals surface area contributed by atoms with Gasteiger partial charge < -0.3 is 14.2 Å². The van der Waals surface area contributed by atoms with Crippen molar-refractivity contribution in [3.05, 3.63) is 17.9 Å². The molecule has 0 atom stereocenters. The summed E-state index contributed by atoms with van der Waals surface area (Å²) in [7, 11) is 0. The van der Waals surface area contributed by atoms with Crippen molar-refractivity contribution < 1.29 is 13.2 Å². The second-order valence-electron chi connectivity index (χ2n) is 2.96. The first-order valence-electron chi connectivity index (χ1n) is 4.49.